The summed E-state index contributed by atoms with van der Waals surface area (Å²) < 4.78 is 42.2. The molecule has 0 aliphatic heterocycles. The first kappa shape index (κ1) is 17.8. The monoisotopic (exact) mass is 380 g/mol. The summed E-state index contributed by atoms with van der Waals surface area (Å²) in [4.78, 5) is 12.4. The van der Waals surface area contributed by atoms with E-state index in [9.17, 15) is 17.8 Å². The number of Topliss-reactive ketones (excluding diaryl/α,β-unsaturated/α-hetero) is 1. The fourth-order valence-corrected chi connectivity index (χ4v) is 6.09. The molecule has 0 heterocycles. The molecule has 0 amide bonds. The van der Waals surface area contributed by atoms with E-state index >= 15 is 0 Å². The molecule has 1 aromatic rings. The third-order valence-electron chi connectivity index (χ3n) is 6.90. The second kappa shape index (κ2) is 5.96. The van der Waals surface area contributed by atoms with Gasteiger partial charge in [0, 0.05) is 23.5 Å². The lowest BCUT2D eigenvalue weighted by molar-refractivity contribution is -0.129. The van der Waals surface area contributed by atoms with E-state index in [2.05, 4.69) is 6.92 Å². The number of fused-ring (bicyclic) bond motifs is 5. The Morgan fingerprint density at radius 2 is 1.96 bits per heavy atom. The van der Waals surface area contributed by atoms with Gasteiger partial charge in [-0.2, -0.15) is 8.42 Å². The third kappa shape index (κ3) is 2.72. The van der Waals surface area contributed by atoms with Crippen LogP contribution in [0.5, 0.6) is 11.5 Å². The first-order valence-corrected chi connectivity index (χ1v) is 10.5. The number of ketones is 1. The van der Waals surface area contributed by atoms with E-state index in [4.69, 9.17) is 8.92 Å². The van der Waals surface area contributed by atoms with E-state index in [1.807, 2.05) is 6.07 Å². The van der Waals surface area contributed by atoms with E-state index in [1.165, 1.54) is 13.2 Å². The average Bonchev–Trinajstić information content (AvgIpc) is 2.88. The Bertz CT molecular complexity index is 861. The summed E-state index contributed by atoms with van der Waals surface area (Å²) in [5.74, 6) is 1.86. The number of aryl methyl sites for hydroxylation is 1. The Kier molecular flexibility index (Phi) is 4.08. The van der Waals surface area contributed by atoms with Gasteiger partial charge in [-0.25, -0.2) is 0 Å². The molecular weight excluding hydrogens is 356 g/mol. The molecule has 6 nitrogen and oxygen atoms in total. The zero-order chi connectivity index (χ0) is 18.7. The summed E-state index contributed by atoms with van der Waals surface area (Å²) in [6.45, 7) is 2.10. The predicted octanol–water partition coefficient (Wildman–Crippen LogP) is 3.30. The maximum atomic E-state index is 12.4. The molecule has 0 bridgehead atoms. The van der Waals surface area contributed by atoms with Gasteiger partial charge in [0.1, 0.15) is 11.5 Å². The summed E-state index contributed by atoms with van der Waals surface area (Å²) >= 11 is 0. The van der Waals surface area contributed by atoms with Gasteiger partial charge < -0.3 is 8.92 Å². The molecule has 4 rings (SSSR count). The molecule has 0 radical (unpaired) electrons. The molecule has 26 heavy (non-hydrogen) atoms. The summed E-state index contributed by atoms with van der Waals surface area (Å²) in [5, 5.41) is 0. The van der Waals surface area contributed by atoms with Crippen LogP contribution in [0.4, 0.5) is 0 Å². The minimum atomic E-state index is -4.62. The first-order valence-electron chi connectivity index (χ1n) is 9.14. The molecule has 0 spiro atoms. The summed E-state index contributed by atoms with van der Waals surface area (Å²) in [6, 6.07) is 3.46. The van der Waals surface area contributed by atoms with Gasteiger partial charge in [-0.1, -0.05) is 6.92 Å². The Labute approximate surface area is 153 Å². The number of hydrogen-bond acceptors (Lipinski definition) is 5. The second-order valence-electron chi connectivity index (χ2n) is 8.04. The van der Waals surface area contributed by atoms with Crippen molar-refractivity contribution < 1.29 is 26.7 Å². The van der Waals surface area contributed by atoms with Crippen LogP contribution in [0.25, 0.3) is 0 Å². The van der Waals surface area contributed by atoms with Crippen molar-refractivity contribution in [2.75, 3.05) is 7.11 Å². The molecule has 2 saturated carbocycles. The highest BCUT2D eigenvalue weighted by Crippen LogP contribution is 2.60. The SMILES string of the molecule is COc1cc2c(c(OS(=O)(=O)O)c1)[C@H]1CC[C@]3(C)C(=O)CC[C@H]3[C@@H]1CC2. The molecular formula is C19H24O6S. The highest BCUT2D eigenvalue weighted by Gasteiger charge is 2.55. The normalized spacial score (nSPS) is 33.2. The molecule has 0 unspecified atom stereocenters. The van der Waals surface area contributed by atoms with Gasteiger partial charge in [0.05, 0.1) is 7.11 Å². The van der Waals surface area contributed by atoms with E-state index < -0.39 is 10.4 Å². The molecule has 142 valence electrons. The van der Waals surface area contributed by atoms with E-state index in [1.54, 1.807) is 0 Å². The molecule has 4 atom stereocenters. The lowest BCUT2D eigenvalue weighted by Crippen LogP contribution is -2.42. The number of carbonyl (C=O) groups is 1. The van der Waals surface area contributed by atoms with Gasteiger partial charge in [0.25, 0.3) is 0 Å². The van der Waals surface area contributed by atoms with Gasteiger partial charge in [0.2, 0.25) is 0 Å². The van der Waals surface area contributed by atoms with E-state index in [0.29, 0.717) is 29.8 Å². The lowest BCUT2D eigenvalue weighted by Gasteiger charge is -2.48. The van der Waals surface area contributed by atoms with Crippen molar-refractivity contribution in [2.45, 2.75) is 51.4 Å². The number of carbonyl (C=O) groups excluding carboxylic acids is 1. The fourth-order valence-electron chi connectivity index (χ4n) is 5.73. The smallest absolute Gasteiger partial charge is 0.446 e. The molecule has 1 aromatic carbocycles. The van der Waals surface area contributed by atoms with Crippen molar-refractivity contribution >= 4 is 16.2 Å². The largest absolute Gasteiger partial charge is 0.497 e. The fraction of sp³-hybridized carbons (Fsp3) is 0.632. The van der Waals surface area contributed by atoms with E-state index in [0.717, 1.165) is 43.2 Å². The van der Waals surface area contributed by atoms with Crippen LogP contribution in [0, 0.1) is 17.3 Å². The van der Waals surface area contributed by atoms with Gasteiger partial charge in [-0.15, -0.1) is 0 Å². The topological polar surface area (TPSA) is 89.9 Å². The number of ether oxygens (including phenoxy) is 1. The van der Waals surface area contributed by atoms with Gasteiger partial charge in [-0.05, 0) is 61.5 Å². The molecule has 0 saturated heterocycles. The number of hydrogen-bond donors (Lipinski definition) is 1. The molecule has 3 aliphatic carbocycles. The Morgan fingerprint density at radius 1 is 1.19 bits per heavy atom. The number of benzene rings is 1. The minimum absolute atomic E-state index is 0.144. The molecule has 2 fully saturated rings. The Balaban J connectivity index is 1.79. The van der Waals surface area contributed by atoms with Crippen LogP contribution in [-0.4, -0.2) is 25.9 Å². The number of methoxy groups -OCH3 is 1. The first-order chi connectivity index (χ1) is 12.2. The van der Waals surface area contributed by atoms with Crippen molar-refractivity contribution in [3.8, 4) is 11.5 Å². The average molecular weight is 380 g/mol. The van der Waals surface area contributed by atoms with Gasteiger partial charge >= 0.3 is 10.4 Å². The van der Waals surface area contributed by atoms with Gasteiger partial charge in [-0.3, -0.25) is 9.35 Å². The summed E-state index contributed by atoms with van der Waals surface area (Å²) in [5.41, 5.74) is 1.63. The van der Waals surface area contributed by atoms with Crippen LogP contribution >= 0.6 is 0 Å². The zero-order valence-corrected chi connectivity index (χ0v) is 15.8. The van der Waals surface area contributed by atoms with Crippen LogP contribution in [0.3, 0.4) is 0 Å². The maximum Gasteiger partial charge on any atom is 0.446 e. The third-order valence-corrected chi connectivity index (χ3v) is 7.29. The lowest BCUT2D eigenvalue weighted by atomic mass is 9.55. The van der Waals surface area contributed by atoms with Crippen molar-refractivity contribution in [3.05, 3.63) is 23.3 Å². The number of rotatable bonds is 3. The quantitative estimate of drug-likeness (QED) is 0.809. The van der Waals surface area contributed by atoms with Crippen molar-refractivity contribution in [1.82, 2.24) is 0 Å². The van der Waals surface area contributed by atoms with Crippen molar-refractivity contribution in [1.29, 1.82) is 0 Å². The van der Waals surface area contributed by atoms with Crippen LogP contribution in [-0.2, 0) is 21.6 Å². The molecule has 0 aromatic heterocycles. The Morgan fingerprint density at radius 3 is 2.65 bits per heavy atom. The van der Waals surface area contributed by atoms with Crippen LogP contribution in [0.2, 0.25) is 0 Å². The van der Waals surface area contributed by atoms with Crippen LogP contribution < -0.4 is 8.92 Å². The zero-order valence-electron chi connectivity index (χ0n) is 15.0. The predicted molar refractivity (Wildman–Crippen MR) is 94.8 cm³/mol. The van der Waals surface area contributed by atoms with Gasteiger partial charge in [0.15, 0.2) is 5.75 Å². The highest BCUT2D eigenvalue weighted by atomic mass is 32.3. The van der Waals surface area contributed by atoms with Crippen molar-refractivity contribution in [3.63, 3.8) is 0 Å². The maximum absolute atomic E-state index is 12.4. The summed E-state index contributed by atoms with van der Waals surface area (Å²) in [7, 11) is -3.11. The standard InChI is InChI=1S/C19H24O6S/c1-19-8-7-14-13(15(19)5-6-17(19)20)4-3-11-9-12(24-2)10-16(18(11)14)25-26(21,22)23/h9-10,13-15H,3-8H2,1-2H3,(H,21,22,23)/t13-,14+,15+,19+/m1/s1. The van der Waals surface area contributed by atoms with Crippen LogP contribution in [0.15, 0.2) is 12.1 Å². The summed E-state index contributed by atoms with van der Waals surface area (Å²) in [6.07, 6.45) is 4.96. The molecule has 7 heteroatoms. The highest BCUT2D eigenvalue weighted by molar-refractivity contribution is 7.81. The minimum Gasteiger partial charge on any atom is -0.497 e. The second-order valence-corrected chi connectivity index (χ2v) is 9.07. The molecule has 1 N–H and O–H groups in total. The molecule has 3 aliphatic rings. The van der Waals surface area contributed by atoms with Crippen LogP contribution in [0.1, 0.15) is 56.1 Å². The Hall–Kier alpha value is -1.60. The van der Waals surface area contributed by atoms with E-state index in [-0.39, 0.29) is 17.1 Å². The van der Waals surface area contributed by atoms with Crippen molar-refractivity contribution in [2.24, 2.45) is 17.3 Å².